The molecule has 1 aliphatic heterocycles. The maximum Gasteiger partial charge on any atom is 0.300 e. The van der Waals surface area contributed by atoms with E-state index in [1.807, 2.05) is 63.2 Å². The van der Waals surface area contributed by atoms with Crippen molar-refractivity contribution in [1.29, 1.82) is 0 Å². The van der Waals surface area contributed by atoms with E-state index in [2.05, 4.69) is 5.32 Å². The predicted molar refractivity (Wildman–Crippen MR) is 161 cm³/mol. The second-order valence-electron chi connectivity index (χ2n) is 11.0. The Bertz CT molecular complexity index is 1620. The van der Waals surface area contributed by atoms with Gasteiger partial charge in [-0.15, -0.1) is 0 Å². The Labute approximate surface area is 239 Å². The molecule has 0 saturated carbocycles. The number of hydrogen-bond donors (Lipinski definition) is 3. The molecule has 1 atom stereocenters. The fourth-order valence-electron chi connectivity index (χ4n) is 5.06. The average Bonchev–Trinajstić information content (AvgIpc) is 3.23. The minimum atomic E-state index is -0.913. The Morgan fingerprint density at radius 1 is 0.854 bits per heavy atom. The number of carbonyl (C=O) groups is 2. The van der Waals surface area contributed by atoms with Gasteiger partial charge in [0.1, 0.15) is 17.3 Å². The van der Waals surface area contributed by atoms with Gasteiger partial charge in [-0.2, -0.15) is 0 Å². The number of Topliss-reactive ketones (excluding diaryl/α,β-unsaturated/α-hetero) is 1. The van der Waals surface area contributed by atoms with Gasteiger partial charge in [-0.3, -0.25) is 14.5 Å². The molecule has 0 bridgehead atoms. The third-order valence-corrected chi connectivity index (χ3v) is 7.14. The van der Waals surface area contributed by atoms with Crippen LogP contribution >= 0.6 is 0 Å². The van der Waals surface area contributed by atoms with Crippen LogP contribution in [0.15, 0.2) is 103 Å². The lowest BCUT2D eigenvalue weighted by Crippen LogP contribution is -2.29. The molecule has 0 aromatic heterocycles. The number of methoxy groups -OCH3 is 1. The SMILES string of the molecule is COc1ccc(/C(O)=C2/C(=O)C(=O)N(c3ccc(Nc4ccccc4)cc3)C2c2ccc(O)cc2)cc1C(C)(C)C. The quantitative estimate of drug-likeness (QED) is 0.135. The number of ether oxygens (including phenoxy) is 1. The lowest BCUT2D eigenvalue weighted by Gasteiger charge is -2.26. The van der Waals surface area contributed by atoms with E-state index in [1.54, 1.807) is 49.6 Å². The highest BCUT2D eigenvalue weighted by atomic mass is 16.5. The van der Waals surface area contributed by atoms with Gasteiger partial charge in [0.25, 0.3) is 11.7 Å². The monoisotopic (exact) mass is 548 g/mol. The highest BCUT2D eigenvalue weighted by molar-refractivity contribution is 6.51. The van der Waals surface area contributed by atoms with Gasteiger partial charge in [-0.05, 0) is 77.7 Å². The molecule has 0 aliphatic carbocycles. The number of aliphatic hydroxyl groups is 1. The van der Waals surface area contributed by atoms with Crippen molar-refractivity contribution in [1.82, 2.24) is 0 Å². The van der Waals surface area contributed by atoms with E-state index in [0.29, 0.717) is 22.6 Å². The molecule has 5 rings (SSSR count). The summed E-state index contributed by atoms with van der Waals surface area (Å²) < 4.78 is 5.54. The minimum absolute atomic E-state index is 0.0304. The molecule has 1 fully saturated rings. The number of aromatic hydroxyl groups is 1. The van der Waals surface area contributed by atoms with Crippen LogP contribution in [0.5, 0.6) is 11.5 Å². The number of amides is 1. The third kappa shape index (κ3) is 5.39. The number of anilines is 3. The first-order valence-electron chi connectivity index (χ1n) is 13.3. The van der Waals surface area contributed by atoms with Crippen LogP contribution in [-0.4, -0.2) is 29.0 Å². The Morgan fingerprint density at radius 3 is 2.10 bits per heavy atom. The molecule has 4 aromatic carbocycles. The second-order valence-corrected chi connectivity index (χ2v) is 11.0. The molecule has 0 spiro atoms. The summed E-state index contributed by atoms with van der Waals surface area (Å²) in [6.45, 7) is 6.08. The Balaban J connectivity index is 1.61. The first kappa shape index (κ1) is 27.5. The summed E-state index contributed by atoms with van der Waals surface area (Å²) in [5.74, 6) is -1.11. The molecule has 4 aromatic rings. The van der Waals surface area contributed by atoms with Crippen molar-refractivity contribution in [3.05, 3.63) is 119 Å². The van der Waals surface area contributed by atoms with Crippen LogP contribution in [0.2, 0.25) is 0 Å². The van der Waals surface area contributed by atoms with Crippen LogP contribution in [0, 0.1) is 0 Å². The lowest BCUT2D eigenvalue weighted by molar-refractivity contribution is -0.132. The summed E-state index contributed by atoms with van der Waals surface area (Å²) in [6.07, 6.45) is 0. The van der Waals surface area contributed by atoms with Crippen molar-refractivity contribution in [3.63, 3.8) is 0 Å². The highest BCUT2D eigenvalue weighted by Crippen LogP contribution is 2.43. The molecule has 1 aliphatic rings. The maximum atomic E-state index is 13.6. The van der Waals surface area contributed by atoms with Crippen LogP contribution < -0.4 is 15.0 Å². The number of phenols is 1. The zero-order valence-electron chi connectivity index (χ0n) is 23.4. The molecular weight excluding hydrogens is 516 g/mol. The molecule has 7 heteroatoms. The van der Waals surface area contributed by atoms with E-state index in [4.69, 9.17) is 4.74 Å². The van der Waals surface area contributed by atoms with E-state index >= 15 is 0 Å². The number of para-hydroxylation sites is 1. The van der Waals surface area contributed by atoms with Crippen molar-refractivity contribution in [2.24, 2.45) is 0 Å². The fourth-order valence-corrected chi connectivity index (χ4v) is 5.06. The first-order valence-corrected chi connectivity index (χ1v) is 13.3. The number of aliphatic hydroxyl groups excluding tert-OH is 1. The number of rotatable bonds is 6. The van der Waals surface area contributed by atoms with Gasteiger partial charge in [0, 0.05) is 28.2 Å². The number of nitrogens with zero attached hydrogens (tertiary/aromatic N) is 1. The van der Waals surface area contributed by atoms with Crippen molar-refractivity contribution in [3.8, 4) is 11.5 Å². The highest BCUT2D eigenvalue weighted by Gasteiger charge is 2.47. The van der Waals surface area contributed by atoms with Gasteiger partial charge >= 0.3 is 0 Å². The van der Waals surface area contributed by atoms with Crippen LogP contribution in [0.4, 0.5) is 17.1 Å². The van der Waals surface area contributed by atoms with Gasteiger partial charge in [0.05, 0.1) is 18.7 Å². The van der Waals surface area contributed by atoms with Crippen LogP contribution in [0.3, 0.4) is 0 Å². The molecule has 1 unspecified atom stereocenters. The molecule has 7 nitrogen and oxygen atoms in total. The second kappa shape index (κ2) is 10.8. The van der Waals surface area contributed by atoms with Crippen LogP contribution in [0.25, 0.3) is 5.76 Å². The lowest BCUT2D eigenvalue weighted by atomic mass is 9.84. The van der Waals surface area contributed by atoms with Crippen molar-refractivity contribution < 1.29 is 24.5 Å². The summed E-state index contributed by atoms with van der Waals surface area (Å²) >= 11 is 0. The molecule has 1 saturated heterocycles. The molecule has 208 valence electrons. The molecule has 0 radical (unpaired) electrons. The Kier molecular flexibility index (Phi) is 7.28. The summed E-state index contributed by atoms with van der Waals surface area (Å²) in [5.41, 5.74) is 3.70. The van der Waals surface area contributed by atoms with E-state index < -0.39 is 17.7 Å². The van der Waals surface area contributed by atoms with Gasteiger partial charge in [-0.1, -0.05) is 51.1 Å². The van der Waals surface area contributed by atoms with Crippen LogP contribution in [-0.2, 0) is 15.0 Å². The van der Waals surface area contributed by atoms with Gasteiger partial charge in [0.15, 0.2) is 0 Å². The standard InChI is InChI=1S/C34H32N2O5/c1-34(2,3)27-20-22(12-19-28(27)41-4)31(38)29-30(21-10-17-26(37)18-11-21)36(33(40)32(29)39)25-15-13-24(14-16-25)35-23-8-6-5-7-9-23/h5-20,30,35,37-38H,1-4H3/b31-29-. The number of nitrogens with one attached hydrogen (secondary N) is 1. The van der Waals surface area contributed by atoms with Crippen molar-refractivity contribution in [2.45, 2.75) is 32.2 Å². The maximum absolute atomic E-state index is 13.6. The normalized spacial score (nSPS) is 16.6. The Morgan fingerprint density at radius 2 is 1.49 bits per heavy atom. The van der Waals surface area contributed by atoms with Gasteiger partial charge < -0.3 is 20.3 Å². The molecule has 1 amide bonds. The third-order valence-electron chi connectivity index (χ3n) is 7.14. The minimum Gasteiger partial charge on any atom is -0.508 e. The number of carbonyl (C=O) groups excluding carboxylic acids is 2. The largest absolute Gasteiger partial charge is 0.508 e. The molecule has 1 heterocycles. The Hall–Kier alpha value is -5.04. The molecular formula is C34H32N2O5. The van der Waals surface area contributed by atoms with Crippen molar-refractivity contribution in [2.75, 3.05) is 17.3 Å². The summed E-state index contributed by atoms with van der Waals surface area (Å²) in [6, 6.07) is 27.4. The number of benzene rings is 4. The number of hydrogen-bond acceptors (Lipinski definition) is 6. The van der Waals surface area contributed by atoms with Crippen molar-refractivity contribution >= 4 is 34.5 Å². The van der Waals surface area contributed by atoms with E-state index in [9.17, 15) is 19.8 Å². The first-order chi connectivity index (χ1) is 19.6. The fraction of sp³-hybridized carbons (Fsp3) is 0.176. The predicted octanol–water partition coefficient (Wildman–Crippen LogP) is 7.07. The average molecular weight is 549 g/mol. The molecule has 3 N–H and O–H groups in total. The van der Waals surface area contributed by atoms with E-state index in [-0.39, 0.29) is 22.5 Å². The summed E-state index contributed by atoms with van der Waals surface area (Å²) in [7, 11) is 1.58. The van der Waals surface area contributed by atoms with E-state index in [0.717, 1.165) is 16.9 Å². The van der Waals surface area contributed by atoms with Gasteiger partial charge in [0.2, 0.25) is 0 Å². The summed E-state index contributed by atoms with van der Waals surface area (Å²) in [4.78, 5) is 28.5. The van der Waals surface area contributed by atoms with Crippen LogP contribution in [0.1, 0.15) is 43.5 Å². The number of phenolic OH excluding ortho intramolecular Hbond substituents is 1. The molecule has 41 heavy (non-hydrogen) atoms. The van der Waals surface area contributed by atoms with E-state index in [1.165, 1.54) is 17.0 Å². The number of ketones is 1. The topological polar surface area (TPSA) is 99.1 Å². The summed E-state index contributed by atoms with van der Waals surface area (Å²) in [5, 5.41) is 24.8. The zero-order valence-corrected chi connectivity index (χ0v) is 23.4. The smallest absolute Gasteiger partial charge is 0.300 e. The van der Waals surface area contributed by atoms with Gasteiger partial charge in [-0.25, -0.2) is 0 Å². The zero-order chi connectivity index (χ0) is 29.3.